The first-order chi connectivity index (χ1) is 12.0. The number of carbonyl (C=O) groups is 1. The summed E-state index contributed by atoms with van der Waals surface area (Å²) in [6.45, 7) is 6.55. The van der Waals surface area contributed by atoms with Gasteiger partial charge in [0.25, 0.3) is 0 Å². The number of hydrogen-bond donors (Lipinski definition) is 2. The van der Waals surface area contributed by atoms with E-state index >= 15 is 0 Å². The third-order valence-corrected chi connectivity index (χ3v) is 5.05. The first kappa shape index (κ1) is 20.1. The van der Waals surface area contributed by atoms with Gasteiger partial charge in [0.15, 0.2) is 0 Å². The van der Waals surface area contributed by atoms with Crippen LogP contribution in [-0.4, -0.2) is 14.3 Å². The van der Waals surface area contributed by atoms with Crippen molar-refractivity contribution in [3.05, 3.63) is 70.8 Å². The van der Waals surface area contributed by atoms with E-state index in [1.54, 1.807) is 24.3 Å². The van der Waals surface area contributed by atoms with Gasteiger partial charge in [0.05, 0.1) is 5.75 Å². The Morgan fingerprint density at radius 3 is 2.08 bits per heavy atom. The molecule has 0 aliphatic heterocycles. The molecule has 0 atom stereocenters. The van der Waals surface area contributed by atoms with E-state index in [2.05, 4.69) is 43.4 Å². The van der Waals surface area contributed by atoms with E-state index in [9.17, 15) is 13.2 Å². The molecule has 0 heterocycles. The third-order valence-electron chi connectivity index (χ3n) is 4.32. The number of carbonyl (C=O) groups excluding carboxylic acids is 1. The van der Waals surface area contributed by atoms with Crippen molar-refractivity contribution in [3.63, 3.8) is 0 Å². The van der Waals surface area contributed by atoms with Crippen LogP contribution in [-0.2, 0) is 32.5 Å². The number of nitrogens with one attached hydrogen (secondary N) is 1. The minimum atomic E-state index is -3.53. The quantitative estimate of drug-likeness (QED) is 0.781. The van der Waals surface area contributed by atoms with Gasteiger partial charge in [-0.3, -0.25) is 4.79 Å². The molecule has 140 valence electrons. The van der Waals surface area contributed by atoms with Crippen molar-refractivity contribution in [2.45, 2.75) is 44.9 Å². The summed E-state index contributed by atoms with van der Waals surface area (Å²) in [7, 11) is -3.53. The highest BCUT2D eigenvalue weighted by Crippen LogP contribution is 2.27. The van der Waals surface area contributed by atoms with Gasteiger partial charge in [-0.25, -0.2) is 13.6 Å². The predicted molar refractivity (Wildman–Crippen MR) is 104 cm³/mol. The molecule has 1 amide bonds. The van der Waals surface area contributed by atoms with E-state index in [4.69, 9.17) is 5.14 Å². The molecular formula is C20H26N2O3S. The number of amides is 1. The highest BCUT2D eigenvalue weighted by molar-refractivity contribution is 7.88. The van der Waals surface area contributed by atoms with Gasteiger partial charge in [-0.1, -0.05) is 67.9 Å². The van der Waals surface area contributed by atoms with E-state index in [0.717, 1.165) is 11.1 Å². The van der Waals surface area contributed by atoms with Crippen molar-refractivity contribution in [2.75, 3.05) is 0 Å². The molecule has 5 nitrogen and oxygen atoms in total. The first-order valence-electron chi connectivity index (χ1n) is 8.47. The Morgan fingerprint density at radius 1 is 1.00 bits per heavy atom. The van der Waals surface area contributed by atoms with Crippen molar-refractivity contribution in [1.82, 2.24) is 5.32 Å². The molecule has 0 bridgehead atoms. The second-order valence-electron chi connectivity index (χ2n) is 7.33. The number of sulfonamides is 1. The lowest BCUT2D eigenvalue weighted by atomic mass is 9.81. The Balaban J connectivity index is 1.91. The summed E-state index contributed by atoms with van der Waals surface area (Å²) in [6, 6.07) is 15.2. The maximum atomic E-state index is 12.3. The molecule has 0 spiro atoms. The fraction of sp³-hybridized carbons (Fsp3) is 0.350. The van der Waals surface area contributed by atoms with Gasteiger partial charge in [-0.15, -0.1) is 0 Å². The summed E-state index contributed by atoms with van der Waals surface area (Å²) in [5.74, 6) is -0.214. The molecule has 0 aliphatic carbocycles. The zero-order valence-electron chi connectivity index (χ0n) is 15.5. The van der Waals surface area contributed by atoms with Crippen LogP contribution in [0.5, 0.6) is 0 Å². The first-order valence-corrected chi connectivity index (χ1v) is 10.2. The second kappa shape index (κ2) is 8.01. The maximum absolute atomic E-state index is 12.3. The van der Waals surface area contributed by atoms with Crippen LogP contribution in [0.3, 0.4) is 0 Å². The average Bonchev–Trinajstić information content (AvgIpc) is 2.53. The molecule has 0 saturated heterocycles. The minimum Gasteiger partial charge on any atom is -0.352 e. The Hall–Kier alpha value is -2.18. The van der Waals surface area contributed by atoms with Gasteiger partial charge in [0, 0.05) is 13.0 Å². The molecule has 0 fully saturated rings. The van der Waals surface area contributed by atoms with Crippen LogP contribution in [0.15, 0.2) is 48.5 Å². The van der Waals surface area contributed by atoms with E-state index in [0.29, 0.717) is 18.5 Å². The number of primary sulfonamides is 1. The molecule has 3 N–H and O–H groups in total. The Labute approximate surface area is 155 Å². The summed E-state index contributed by atoms with van der Waals surface area (Å²) in [5.41, 5.74) is 3.61. The lowest BCUT2D eigenvalue weighted by Gasteiger charge is -2.25. The molecule has 2 aromatic carbocycles. The number of aryl methyl sites for hydroxylation is 1. The van der Waals surface area contributed by atoms with Gasteiger partial charge in [0.2, 0.25) is 15.9 Å². The van der Waals surface area contributed by atoms with E-state index in [1.807, 2.05) is 6.92 Å². The standard InChI is InChI=1S/C20H26N2O3S/c1-15-4-10-18(11-5-15)20(2,3)12-19(23)22-13-16-6-8-17(9-7-16)14-26(21,24)25/h4-11H,12-14H2,1-3H3,(H,22,23)(H2,21,24,25). The van der Waals surface area contributed by atoms with Gasteiger partial charge in [0.1, 0.15) is 0 Å². The van der Waals surface area contributed by atoms with Crippen molar-refractivity contribution < 1.29 is 13.2 Å². The fourth-order valence-electron chi connectivity index (χ4n) is 2.76. The highest BCUT2D eigenvalue weighted by Gasteiger charge is 2.24. The lowest BCUT2D eigenvalue weighted by Crippen LogP contribution is -2.30. The monoisotopic (exact) mass is 374 g/mol. The van der Waals surface area contributed by atoms with Crippen LogP contribution in [0.1, 0.15) is 42.5 Å². The largest absolute Gasteiger partial charge is 0.352 e. The average molecular weight is 375 g/mol. The van der Waals surface area contributed by atoms with Crippen molar-refractivity contribution in [3.8, 4) is 0 Å². The number of rotatable bonds is 7. The molecule has 0 radical (unpaired) electrons. The smallest absolute Gasteiger partial charge is 0.221 e. The van der Waals surface area contributed by atoms with Crippen molar-refractivity contribution >= 4 is 15.9 Å². The van der Waals surface area contributed by atoms with Crippen LogP contribution in [0.2, 0.25) is 0 Å². The predicted octanol–water partition coefficient (Wildman–Crippen LogP) is 2.77. The molecule has 2 aromatic rings. The summed E-state index contributed by atoms with van der Waals surface area (Å²) in [4.78, 5) is 12.3. The van der Waals surface area contributed by atoms with Gasteiger partial charge >= 0.3 is 0 Å². The number of hydrogen-bond acceptors (Lipinski definition) is 3. The summed E-state index contributed by atoms with van der Waals surface area (Å²) >= 11 is 0. The zero-order valence-corrected chi connectivity index (χ0v) is 16.3. The van der Waals surface area contributed by atoms with Crippen LogP contribution >= 0.6 is 0 Å². The molecule has 0 saturated carbocycles. The molecular weight excluding hydrogens is 348 g/mol. The van der Waals surface area contributed by atoms with Crippen LogP contribution < -0.4 is 10.5 Å². The molecule has 2 rings (SSSR count). The Morgan fingerprint density at radius 2 is 1.54 bits per heavy atom. The van der Waals surface area contributed by atoms with Crippen LogP contribution in [0, 0.1) is 6.92 Å². The molecule has 0 aliphatic rings. The Kier molecular flexibility index (Phi) is 6.21. The number of benzene rings is 2. The topological polar surface area (TPSA) is 89.3 Å². The number of nitrogens with two attached hydrogens (primary N) is 1. The van der Waals surface area contributed by atoms with Gasteiger partial charge in [-0.2, -0.15) is 0 Å². The van der Waals surface area contributed by atoms with E-state index < -0.39 is 10.0 Å². The van der Waals surface area contributed by atoms with Gasteiger partial charge < -0.3 is 5.32 Å². The molecule has 6 heteroatoms. The van der Waals surface area contributed by atoms with E-state index in [-0.39, 0.29) is 17.1 Å². The van der Waals surface area contributed by atoms with Crippen molar-refractivity contribution in [1.29, 1.82) is 0 Å². The molecule has 0 unspecified atom stereocenters. The summed E-state index contributed by atoms with van der Waals surface area (Å²) in [6.07, 6.45) is 0.388. The zero-order chi connectivity index (χ0) is 19.4. The molecule has 0 aromatic heterocycles. The normalized spacial score (nSPS) is 12.0. The lowest BCUT2D eigenvalue weighted by molar-refractivity contribution is -0.122. The molecule has 26 heavy (non-hydrogen) atoms. The minimum absolute atomic E-state index is 0.0239. The third kappa shape index (κ3) is 6.28. The van der Waals surface area contributed by atoms with Crippen LogP contribution in [0.4, 0.5) is 0 Å². The van der Waals surface area contributed by atoms with E-state index in [1.165, 1.54) is 5.56 Å². The SMILES string of the molecule is Cc1ccc(C(C)(C)CC(=O)NCc2ccc(CS(N)(=O)=O)cc2)cc1. The maximum Gasteiger partial charge on any atom is 0.221 e. The highest BCUT2D eigenvalue weighted by atomic mass is 32.2. The summed E-state index contributed by atoms with van der Waals surface area (Å²) in [5, 5.41) is 7.96. The van der Waals surface area contributed by atoms with Crippen LogP contribution in [0.25, 0.3) is 0 Å². The van der Waals surface area contributed by atoms with Gasteiger partial charge in [-0.05, 0) is 29.0 Å². The fourth-order valence-corrected chi connectivity index (χ4v) is 3.41. The Bertz CT molecular complexity index is 855. The van der Waals surface area contributed by atoms with Crippen molar-refractivity contribution in [2.24, 2.45) is 5.14 Å². The second-order valence-corrected chi connectivity index (χ2v) is 8.94. The summed E-state index contributed by atoms with van der Waals surface area (Å²) < 4.78 is 22.2.